The fourth-order valence-corrected chi connectivity index (χ4v) is 2.55. The van der Waals surface area contributed by atoms with Crippen LogP contribution in [0, 0.1) is 3.57 Å². The minimum absolute atomic E-state index is 0.416. The summed E-state index contributed by atoms with van der Waals surface area (Å²) in [7, 11) is 0. The number of carbonyl (C=O) groups excluding carboxylic acids is 1. The molecule has 0 fully saturated rings. The van der Waals surface area contributed by atoms with Crippen molar-refractivity contribution in [1.29, 1.82) is 0 Å². The number of carbonyl (C=O) groups is 1. The number of anilines is 1. The van der Waals surface area contributed by atoms with Gasteiger partial charge in [-0.15, -0.1) is 0 Å². The monoisotopic (exact) mass is 419 g/mol. The van der Waals surface area contributed by atoms with E-state index >= 15 is 0 Å². The molecule has 0 aliphatic carbocycles. The van der Waals surface area contributed by atoms with Crippen molar-refractivity contribution in [1.82, 2.24) is 10.2 Å². The first-order valence-electron chi connectivity index (χ1n) is 6.26. The quantitative estimate of drug-likeness (QED) is 0.695. The lowest BCUT2D eigenvalue weighted by molar-refractivity contribution is 0.0635. The lowest BCUT2D eigenvalue weighted by atomic mass is 10.1. The van der Waals surface area contributed by atoms with Crippen LogP contribution in [0.2, 0.25) is 5.02 Å². The predicted molar refractivity (Wildman–Crippen MR) is 91.6 cm³/mol. The molecule has 21 heavy (non-hydrogen) atoms. The van der Waals surface area contributed by atoms with E-state index < -0.39 is 11.7 Å². The summed E-state index contributed by atoms with van der Waals surface area (Å²) in [6.45, 7) is 5.41. The van der Waals surface area contributed by atoms with Gasteiger partial charge in [-0.2, -0.15) is 5.10 Å². The van der Waals surface area contributed by atoms with Gasteiger partial charge in [-0.3, -0.25) is 10.4 Å². The minimum atomic E-state index is -0.558. The van der Waals surface area contributed by atoms with E-state index in [9.17, 15) is 4.79 Å². The van der Waals surface area contributed by atoms with Crippen LogP contribution in [0.25, 0.3) is 11.3 Å². The number of halogens is 2. The second kappa shape index (κ2) is 6.23. The molecule has 0 atom stereocenters. The van der Waals surface area contributed by atoms with Gasteiger partial charge in [-0.1, -0.05) is 29.8 Å². The fourth-order valence-electron chi connectivity index (χ4n) is 1.65. The van der Waals surface area contributed by atoms with Gasteiger partial charge in [0.2, 0.25) is 0 Å². The second-order valence-corrected chi connectivity index (χ2v) is 6.85. The van der Waals surface area contributed by atoms with Crippen LogP contribution in [-0.4, -0.2) is 21.9 Å². The van der Waals surface area contributed by atoms with Gasteiger partial charge >= 0.3 is 6.09 Å². The third-order valence-electron chi connectivity index (χ3n) is 2.47. The van der Waals surface area contributed by atoms with Gasteiger partial charge in [0.1, 0.15) is 5.60 Å². The molecule has 0 bridgehead atoms. The molecule has 0 unspecified atom stereocenters. The maximum Gasteiger partial charge on any atom is 0.413 e. The molecule has 5 nitrogen and oxygen atoms in total. The Morgan fingerprint density at radius 2 is 2.05 bits per heavy atom. The molecule has 1 amide bonds. The van der Waals surface area contributed by atoms with E-state index in [-0.39, 0.29) is 0 Å². The normalized spacial score (nSPS) is 11.3. The van der Waals surface area contributed by atoms with E-state index in [1.807, 2.05) is 18.2 Å². The fraction of sp³-hybridized carbons (Fsp3) is 0.286. The number of aromatic nitrogens is 2. The van der Waals surface area contributed by atoms with Gasteiger partial charge in [-0.05, 0) is 49.4 Å². The van der Waals surface area contributed by atoms with E-state index in [1.54, 1.807) is 26.8 Å². The van der Waals surface area contributed by atoms with Crippen molar-refractivity contribution in [3.05, 3.63) is 32.9 Å². The zero-order valence-corrected chi connectivity index (χ0v) is 14.7. The average Bonchev–Trinajstić information content (AvgIpc) is 2.69. The van der Waals surface area contributed by atoms with Crippen molar-refractivity contribution < 1.29 is 9.53 Å². The molecule has 2 aromatic rings. The summed E-state index contributed by atoms with van der Waals surface area (Å²) < 4.78 is 5.97. The van der Waals surface area contributed by atoms with E-state index in [0.717, 1.165) is 14.8 Å². The number of nitrogens with zero attached hydrogens (tertiary/aromatic N) is 1. The van der Waals surface area contributed by atoms with Crippen LogP contribution < -0.4 is 5.32 Å². The number of rotatable bonds is 2. The molecule has 1 aromatic carbocycles. The number of H-pyrrole nitrogens is 1. The molecule has 0 radical (unpaired) electrons. The van der Waals surface area contributed by atoms with E-state index in [0.29, 0.717) is 10.8 Å². The highest BCUT2D eigenvalue weighted by Gasteiger charge is 2.20. The Hall–Kier alpha value is -1.28. The van der Waals surface area contributed by atoms with Crippen LogP contribution in [0.15, 0.2) is 24.3 Å². The highest BCUT2D eigenvalue weighted by molar-refractivity contribution is 14.1. The zero-order chi connectivity index (χ0) is 15.6. The summed E-state index contributed by atoms with van der Waals surface area (Å²) in [5, 5.41) is 10.2. The lowest BCUT2D eigenvalue weighted by Crippen LogP contribution is -2.27. The van der Waals surface area contributed by atoms with Crippen LogP contribution in [0.5, 0.6) is 0 Å². The van der Waals surface area contributed by atoms with Gasteiger partial charge in [0.15, 0.2) is 5.82 Å². The number of amides is 1. The van der Waals surface area contributed by atoms with Gasteiger partial charge < -0.3 is 4.74 Å². The molecule has 1 heterocycles. The van der Waals surface area contributed by atoms with Crippen molar-refractivity contribution in [3.8, 4) is 11.3 Å². The average molecular weight is 420 g/mol. The third-order valence-corrected chi connectivity index (χ3v) is 3.85. The van der Waals surface area contributed by atoms with Gasteiger partial charge in [0.05, 0.1) is 9.26 Å². The van der Waals surface area contributed by atoms with Crippen LogP contribution in [0.3, 0.4) is 0 Å². The Bertz CT molecular complexity index is 664. The topological polar surface area (TPSA) is 67.0 Å². The Balaban J connectivity index is 2.22. The van der Waals surface area contributed by atoms with Crippen LogP contribution in [0.4, 0.5) is 10.6 Å². The van der Waals surface area contributed by atoms with Gasteiger partial charge in [0.25, 0.3) is 0 Å². The summed E-state index contributed by atoms with van der Waals surface area (Å²) >= 11 is 8.27. The highest BCUT2D eigenvalue weighted by Crippen LogP contribution is 2.32. The maximum absolute atomic E-state index is 11.8. The molecule has 0 aliphatic rings. The van der Waals surface area contributed by atoms with Crippen molar-refractivity contribution in [2.24, 2.45) is 0 Å². The first-order chi connectivity index (χ1) is 9.78. The van der Waals surface area contributed by atoms with Crippen LogP contribution in [-0.2, 0) is 4.74 Å². The number of aromatic amines is 1. The molecule has 2 rings (SSSR count). The van der Waals surface area contributed by atoms with Gasteiger partial charge in [-0.25, -0.2) is 4.79 Å². The van der Waals surface area contributed by atoms with Crippen molar-refractivity contribution in [2.75, 3.05) is 5.32 Å². The Morgan fingerprint density at radius 1 is 1.38 bits per heavy atom. The summed E-state index contributed by atoms with van der Waals surface area (Å²) in [6, 6.07) is 7.43. The smallest absolute Gasteiger partial charge is 0.413 e. The Morgan fingerprint density at radius 3 is 2.67 bits per heavy atom. The first-order valence-corrected chi connectivity index (χ1v) is 7.72. The molecule has 0 spiro atoms. The van der Waals surface area contributed by atoms with Crippen LogP contribution >= 0.6 is 34.2 Å². The molecule has 0 saturated carbocycles. The Kier molecular flexibility index (Phi) is 4.77. The van der Waals surface area contributed by atoms with E-state index in [4.69, 9.17) is 16.3 Å². The largest absolute Gasteiger partial charge is 0.444 e. The maximum atomic E-state index is 11.8. The predicted octanol–water partition coefficient (Wildman–Crippen LogP) is 4.68. The summed E-state index contributed by atoms with van der Waals surface area (Å²) in [4.78, 5) is 11.8. The standard InChI is InChI=1S/C14H15ClIN3O2/c1-14(2,3)21-13(20)17-12-10(16)11(18-19-12)8-6-4-5-7-9(8)15/h4-7H,1-3H3,(H2,17,18,19,20). The molecular formula is C14H15ClIN3O2. The minimum Gasteiger partial charge on any atom is -0.444 e. The molecular weight excluding hydrogens is 405 g/mol. The Labute approximate surface area is 141 Å². The number of benzene rings is 1. The summed E-state index contributed by atoms with van der Waals surface area (Å²) in [5.41, 5.74) is 1.03. The molecule has 7 heteroatoms. The lowest BCUT2D eigenvalue weighted by Gasteiger charge is -2.19. The molecule has 0 aliphatic heterocycles. The third kappa shape index (κ3) is 4.10. The molecule has 2 N–H and O–H groups in total. The molecule has 0 saturated heterocycles. The molecule has 1 aromatic heterocycles. The van der Waals surface area contributed by atoms with E-state index in [2.05, 4.69) is 38.1 Å². The summed E-state index contributed by atoms with van der Waals surface area (Å²) in [5.74, 6) is 0.416. The van der Waals surface area contributed by atoms with Gasteiger partial charge in [0, 0.05) is 10.6 Å². The van der Waals surface area contributed by atoms with Crippen LogP contribution in [0.1, 0.15) is 20.8 Å². The molecule has 112 valence electrons. The number of hydrogen-bond acceptors (Lipinski definition) is 3. The van der Waals surface area contributed by atoms with E-state index in [1.165, 1.54) is 0 Å². The number of ether oxygens (including phenoxy) is 1. The SMILES string of the molecule is CC(C)(C)OC(=O)Nc1n[nH]c(-c2ccccc2Cl)c1I. The second-order valence-electron chi connectivity index (χ2n) is 5.37. The van der Waals surface area contributed by atoms with Crippen molar-refractivity contribution in [2.45, 2.75) is 26.4 Å². The number of hydrogen-bond donors (Lipinski definition) is 2. The zero-order valence-electron chi connectivity index (χ0n) is 11.8. The first kappa shape index (κ1) is 16.1. The van der Waals surface area contributed by atoms with Crippen molar-refractivity contribution in [3.63, 3.8) is 0 Å². The van der Waals surface area contributed by atoms with Crippen molar-refractivity contribution >= 4 is 46.1 Å². The number of nitrogens with one attached hydrogen (secondary N) is 2. The summed E-state index contributed by atoms with van der Waals surface area (Å²) in [6.07, 6.45) is -0.544. The highest BCUT2D eigenvalue weighted by atomic mass is 127.